The van der Waals surface area contributed by atoms with Gasteiger partial charge in [0.25, 0.3) is 0 Å². The first-order valence-corrected chi connectivity index (χ1v) is 16.0. The van der Waals surface area contributed by atoms with E-state index in [-0.39, 0.29) is 10.3 Å². The van der Waals surface area contributed by atoms with Crippen LogP contribution in [0.3, 0.4) is 0 Å². The fourth-order valence-corrected chi connectivity index (χ4v) is 9.56. The average molecular weight is 596 g/mol. The second kappa shape index (κ2) is 7.68. The van der Waals surface area contributed by atoms with Crippen LogP contribution < -0.4 is 16.4 Å². The second-order valence-electron chi connectivity index (χ2n) is 9.69. The van der Waals surface area contributed by atoms with Gasteiger partial charge in [0, 0.05) is 0 Å². The molecule has 0 aliphatic carbocycles. The monoisotopic (exact) mass is 596 g/mol. The summed E-state index contributed by atoms with van der Waals surface area (Å²) in [6, 6.07) is 35.5. The number of nitrogens with zero attached hydrogens (tertiary/aromatic N) is 2. The topological polar surface area (TPSA) is 17.3 Å². The van der Waals surface area contributed by atoms with Crippen molar-refractivity contribution in [3.05, 3.63) is 124 Å². The molecule has 0 unspecified atom stereocenters. The van der Waals surface area contributed by atoms with E-state index < -0.39 is 19.4 Å². The molecule has 0 amide bonds. The molecule has 3 heterocycles. The van der Waals surface area contributed by atoms with E-state index in [2.05, 4.69) is 74.4 Å². The van der Waals surface area contributed by atoms with Crippen molar-refractivity contribution < 1.29 is 5.72 Å². The summed E-state index contributed by atoms with van der Waals surface area (Å²) in [5.74, 6) is 0. The number of benzene rings is 5. The van der Waals surface area contributed by atoms with Crippen LogP contribution in [0.2, 0.25) is 0 Å². The molecule has 0 bridgehead atoms. The van der Waals surface area contributed by atoms with Gasteiger partial charge >= 0.3 is 219 Å². The second-order valence-corrected chi connectivity index (χ2v) is 13.7. The molecule has 0 radical (unpaired) electrons. The average Bonchev–Trinajstić information content (AvgIpc) is 3.27. The van der Waals surface area contributed by atoms with E-state index in [0.717, 1.165) is 27.7 Å². The molecule has 6 aromatic rings. The van der Waals surface area contributed by atoms with Crippen LogP contribution >= 0.6 is 19.4 Å². The van der Waals surface area contributed by atoms with E-state index in [1.807, 2.05) is 12.1 Å². The maximum atomic E-state index is 15.9. The molecule has 0 spiro atoms. The van der Waals surface area contributed by atoms with Gasteiger partial charge in [-0.15, -0.1) is 0 Å². The van der Waals surface area contributed by atoms with Crippen molar-refractivity contribution in [1.82, 2.24) is 4.57 Å². The SMILES string of the molecule is FI(F)(=Nc1ccccc1)c1cccc2c1Cc1ccc3c4ccccc4n4c3c1B2c1ccccc1-4. The summed E-state index contributed by atoms with van der Waals surface area (Å²) in [4.78, 5) is 0. The Morgan fingerprint density at radius 1 is 0.703 bits per heavy atom. The van der Waals surface area contributed by atoms with Gasteiger partial charge in [-0.25, -0.2) is 0 Å². The van der Waals surface area contributed by atoms with Crippen LogP contribution in [0.4, 0.5) is 11.4 Å². The van der Waals surface area contributed by atoms with Crippen molar-refractivity contribution in [3.8, 4) is 5.69 Å². The molecule has 2 nitrogen and oxygen atoms in total. The summed E-state index contributed by atoms with van der Waals surface area (Å²) in [6.45, 7) is -0.0796. The molecule has 0 saturated carbocycles. The fourth-order valence-electron chi connectivity index (χ4n) is 6.35. The van der Waals surface area contributed by atoms with Crippen LogP contribution in [0, 0.1) is 3.57 Å². The number of rotatable bonds is 2. The van der Waals surface area contributed by atoms with E-state index in [9.17, 15) is 0 Å². The third-order valence-electron chi connectivity index (χ3n) is 7.78. The van der Waals surface area contributed by atoms with Gasteiger partial charge in [-0.2, -0.15) is 0 Å². The van der Waals surface area contributed by atoms with Gasteiger partial charge in [0.05, 0.1) is 0 Å². The molecular weight excluding hydrogens is 576 g/mol. The van der Waals surface area contributed by atoms with Gasteiger partial charge in [-0.3, -0.25) is 0 Å². The van der Waals surface area contributed by atoms with Crippen molar-refractivity contribution in [2.45, 2.75) is 6.42 Å². The molecule has 1 aromatic heterocycles. The van der Waals surface area contributed by atoms with Crippen LogP contribution in [0.15, 0.2) is 112 Å². The number of aromatic nitrogens is 1. The van der Waals surface area contributed by atoms with Gasteiger partial charge in [-0.05, 0) is 0 Å². The van der Waals surface area contributed by atoms with E-state index in [1.165, 1.54) is 27.3 Å². The molecule has 2 aliphatic heterocycles. The Bertz CT molecular complexity index is 1960. The minimum absolute atomic E-state index is 0.0796. The summed E-state index contributed by atoms with van der Waals surface area (Å²) in [6.07, 6.45) is 0.500. The molecular formula is C31H20BF2IN2. The van der Waals surface area contributed by atoms with Gasteiger partial charge in [-0.1, -0.05) is 0 Å². The van der Waals surface area contributed by atoms with Crippen molar-refractivity contribution in [2.75, 3.05) is 0 Å². The van der Waals surface area contributed by atoms with Crippen LogP contribution in [0.5, 0.6) is 0 Å². The zero-order valence-corrected chi connectivity index (χ0v) is 21.9. The molecule has 0 saturated heterocycles. The van der Waals surface area contributed by atoms with E-state index in [0.29, 0.717) is 12.1 Å². The van der Waals surface area contributed by atoms with Crippen molar-refractivity contribution in [2.24, 2.45) is 3.15 Å². The zero-order chi connectivity index (χ0) is 24.7. The summed E-state index contributed by atoms with van der Waals surface area (Å²) >= 11 is -5.62. The van der Waals surface area contributed by atoms with Gasteiger partial charge in [0.1, 0.15) is 0 Å². The molecule has 37 heavy (non-hydrogen) atoms. The molecule has 0 fully saturated rings. The van der Waals surface area contributed by atoms with E-state index in [4.69, 9.17) is 0 Å². The normalized spacial score (nSPS) is 13.9. The number of para-hydroxylation sites is 2. The van der Waals surface area contributed by atoms with Gasteiger partial charge in [0.15, 0.2) is 0 Å². The number of hydrogen-bond acceptors (Lipinski definition) is 1. The Labute approximate surface area is 218 Å². The number of fused-ring (bicyclic) bond motifs is 8. The fraction of sp³-hybridized carbons (Fsp3) is 0.0323. The molecule has 6 heteroatoms. The van der Waals surface area contributed by atoms with Gasteiger partial charge in [0.2, 0.25) is 0 Å². The quantitative estimate of drug-likeness (QED) is 0.151. The third-order valence-corrected chi connectivity index (χ3v) is 11.4. The van der Waals surface area contributed by atoms with E-state index in [1.54, 1.807) is 30.3 Å². The van der Waals surface area contributed by atoms with Crippen molar-refractivity contribution in [1.29, 1.82) is 0 Å². The Hall–Kier alpha value is -3.65. The zero-order valence-electron chi connectivity index (χ0n) is 19.7. The summed E-state index contributed by atoms with van der Waals surface area (Å²) in [5.41, 5.74) is 9.18. The Kier molecular flexibility index (Phi) is 4.45. The van der Waals surface area contributed by atoms with Gasteiger partial charge < -0.3 is 0 Å². The van der Waals surface area contributed by atoms with Crippen LogP contribution in [-0.4, -0.2) is 11.3 Å². The first-order chi connectivity index (χ1) is 18.1. The number of hydrogen-bond donors (Lipinski definition) is 0. The number of halogens is 3. The molecule has 178 valence electrons. The minimum atomic E-state index is -5.62. The Morgan fingerprint density at radius 3 is 2.35 bits per heavy atom. The van der Waals surface area contributed by atoms with Crippen LogP contribution in [-0.2, 0) is 6.42 Å². The third kappa shape index (κ3) is 2.96. The first kappa shape index (κ1) is 21.4. The summed E-state index contributed by atoms with van der Waals surface area (Å²) in [7, 11) is 0. The van der Waals surface area contributed by atoms with Crippen LogP contribution in [0.1, 0.15) is 11.1 Å². The molecule has 8 rings (SSSR count). The Balaban J connectivity index is 1.45. The first-order valence-electron chi connectivity index (χ1n) is 12.3. The van der Waals surface area contributed by atoms with Crippen molar-refractivity contribution in [3.63, 3.8) is 0 Å². The standard InChI is InChI=1S/C31H20BF2IN2/c33-35(34,36-21-9-2-1-3-10-21)27-14-8-13-25-24(27)19-20-17-18-23-22-11-4-6-15-28(22)37-29-16-7-5-12-26(29)32(25)30(20)31(23)37/h1-18H,19H2. The predicted octanol–water partition coefficient (Wildman–Crippen LogP) is 7.01. The molecule has 5 aromatic carbocycles. The summed E-state index contributed by atoms with van der Waals surface area (Å²) < 4.78 is 38.5. The maximum absolute atomic E-state index is 15.9. The Morgan fingerprint density at radius 2 is 1.46 bits per heavy atom. The molecule has 2 aliphatic rings. The summed E-state index contributed by atoms with van der Waals surface area (Å²) in [5, 5.41) is 2.44. The molecule has 0 atom stereocenters. The molecule has 0 N–H and O–H groups in total. The van der Waals surface area contributed by atoms with Crippen LogP contribution in [0.25, 0.3) is 27.5 Å². The van der Waals surface area contributed by atoms with E-state index >= 15 is 5.72 Å². The van der Waals surface area contributed by atoms with Crippen molar-refractivity contribution >= 4 is 70.0 Å². The predicted molar refractivity (Wildman–Crippen MR) is 158 cm³/mol.